The van der Waals surface area contributed by atoms with Crippen molar-refractivity contribution < 1.29 is 4.74 Å². The minimum atomic E-state index is 0.216. The van der Waals surface area contributed by atoms with Gasteiger partial charge in [-0.05, 0) is 37.6 Å². The number of anilines is 2. The zero-order chi connectivity index (χ0) is 17.1. The van der Waals surface area contributed by atoms with E-state index < -0.39 is 0 Å². The van der Waals surface area contributed by atoms with Gasteiger partial charge in [0.15, 0.2) is 11.6 Å². The monoisotopic (exact) mass is 367 g/mol. The Bertz CT molecular complexity index is 709. The summed E-state index contributed by atoms with van der Waals surface area (Å²) >= 11 is 12.3. The van der Waals surface area contributed by atoms with Crippen molar-refractivity contribution in [3.8, 4) is 11.5 Å². The Kier molecular flexibility index (Phi) is 5.28. The number of aryl methyl sites for hydroxylation is 1. The zero-order valence-electron chi connectivity index (χ0n) is 13.4. The van der Waals surface area contributed by atoms with E-state index in [4.69, 9.17) is 33.7 Å². The van der Waals surface area contributed by atoms with Crippen LogP contribution in [0.25, 0.3) is 0 Å². The highest BCUT2D eigenvalue weighted by atomic mass is 35.5. The molecule has 0 bridgehead atoms. The van der Waals surface area contributed by atoms with E-state index in [1.807, 2.05) is 6.92 Å². The highest BCUT2D eigenvalue weighted by Crippen LogP contribution is 2.38. The van der Waals surface area contributed by atoms with Crippen LogP contribution < -0.4 is 20.7 Å². The zero-order valence-corrected chi connectivity index (χ0v) is 14.9. The molecular weight excluding hydrogens is 349 g/mol. The van der Waals surface area contributed by atoms with Gasteiger partial charge in [-0.1, -0.05) is 23.2 Å². The molecule has 6 nitrogen and oxygen atoms in total. The predicted octanol–water partition coefficient (Wildman–Crippen LogP) is 3.27. The fraction of sp³-hybridized carbons (Fsp3) is 0.375. The van der Waals surface area contributed by atoms with Gasteiger partial charge >= 0.3 is 0 Å². The van der Waals surface area contributed by atoms with Crippen LogP contribution in [-0.4, -0.2) is 36.1 Å². The molecule has 8 heteroatoms. The molecule has 3 N–H and O–H groups in total. The number of hydrogen-bond acceptors (Lipinski definition) is 6. The SMILES string of the molecule is Cc1cc(Cl)cc(Cl)c1Oc1cnc(N)nc1N1CCCNCC1. The third-order valence-corrected chi connectivity index (χ3v) is 4.30. The van der Waals surface area contributed by atoms with Gasteiger partial charge in [-0.15, -0.1) is 0 Å². The highest BCUT2D eigenvalue weighted by molar-refractivity contribution is 6.35. The number of rotatable bonds is 3. The third kappa shape index (κ3) is 3.83. The predicted molar refractivity (Wildman–Crippen MR) is 97.4 cm³/mol. The molecule has 0 amide bonds. The second-order valence-corrected chi connectivity index (χ2v) is 6.49. The van der Waals surface area contributed by atoms with Crippen molar-refractivity contribution in [2.24, 2.45) is 0 Å². The molecule has 1 aliphatic heterocycles. The van der Waals surface area contributed by atoms with E-state index in [9.17, 15) is 0 Å². The second-order valence-electron chi connectivity index (χ2n) is 5.64. The summed E-state index contributed by atoms with van der Waals surface area (Å²) in [6.07, 6.45) is 2.60. The lowest BCUT2D eigenvalue weighted by atomic mass is 10.2. The van der Waals surface area contributed by atoms with Crippen LogP contribution in [-0.2, 0) is 0 Å². The number of nitrogens with one attached hydrogen (secondary N) is 1. The van der Waals surface area contributed by atoms with Crippen LogP contribution in [0.5, 0.6) is 11.5 Å². The number of benzene rings is 1. The maximum Gasteiger partial charge on any atom is 0.222 e. The van der Waals surface area contributed by atoms with Crippen LogP contribution >= 0.6 is 23.2 Å². The van der Waals surface area contributed by atoms with E-state index in [-0.39, 0.29) is 5.95 Å². The molecule has 0 spiro atoms. The number of nitrogens with two attached hydrogens (primary N) is 1. The minimum Gasteiger partial charge on any atom is -0.450 e. The first kappa shape index (κ1) is 17.1. The number of hydrogen-bond donors (Lipinski definition) is 2. The van der Waals surface area contributed by atoms with Gasteiger partial charge in [0, 0.05) is 24.7 Å². The Morgan fingerprint density at radius 2 is 2.08 bits per heavy atom. The first-order chi connectivity index (χ1) is 11.5. The summed E-state index contributed by atoms with van der Waals surface area (Å²) in [5.74, 6) is 1.96. The summed E-state index contributed by atoms with van der Waals surface area (Å²) in [6.45, 7) is 5.44. The van der Waals surface area contributed by atoms with Crippen LogP contribution in [0.3, 0.4) is 0 Å². The van der Waals surface area contributed by atoms with Crippen LogP contribution in [0.4, 0.5) is 11.8 Å². The molecule has 0 aliphatic carbocycles. The standard InChI is InChI=1S/C16H19Cl2N5O/c1-10-7-11(17)8-12(18)14(10)24-13-9-21-16(19)22-15(13)23-5-2-3-20-4-6-23/h7-9,20H,2-6H2,1H3,(H2,19,21,22). The summed E-state index contributed by atoms with van der Waals surface area (Å²) in [4.78, 5) is 10.6. The quantitative estimate of drug-likeness (QED) is 0.866. The van der Waals surface area contributed by atoms with Crippen molar-refractivity contribution >= 4 is 35.0 Å². The fourth-order valence-corrected chi connectivity index (χ4v) is 3.29. The van der Waals surface area contributed by atoms with Gasteiger partial charge in [0.05, 0.1) is 11.2 Å². The summed E-state index contributed by atoms with van der Waals surface area (Å²) in [7, 11) is 0. The van der Waals surface area contributed by atoms with Gasteiger partial charge in [-0.3, -0.25) is 0 Å². The molecule has 2 heterocycles. The molecule has 0 atom stereocenters. The average molecular weight is 368 g/mol. The van der Waals surface area contributed by atoms with E-state index in [0.29, 0.717) is 27.4 Å². The summed E-state index contributed by atoms with van der Waals surface area (Å²) in [5.41, 5.74) is 6.62. The number of nitrogens with zero attached hydrogens (tertiary/aromatic N) is 3. The topological polar surface area (TPSA) is 76.3 Å². The van der Waals surface area contributed by atoms with Crippen molar-refractivity contribution in [1.82, 2.24) is 15.3 Å². The molecule has 1 aromatic carbocycles. The van der Waals surface area contributed by atoms with Crippen LogP contribution in [0.2, 0.25) is 10.0 Å². The molecule has 0 unspecified atom stereocenters. The summed E-state index contributed by atoms with van der Waals surface area (Å²) in [6, 6.07) is 3.45. The van der Waals surface area contributed by atoms with Gasteiger partial charge in [0.25, 0.3) is 0 Å². The van der Waals surface area contributed by atoms with Crippen molar-refractivity contribution in [3.05, 3.63) is 33.9 Å². The highest BCUT2D eigenvalue weighted by Gasteiger charge is 2.19. The molecule has 1 saturated heterocycles. The van der Waals surface area contributed by atoms with Crippen molar-refractivity contribution in [3.63, 3.8) is 0 Å². The Morgan fingerprint density at radius 1 is 1.25 bits per heavy atom. The van der Waals surface area contributed by atoms with Crippen LogP contribution in [0.1, 0.15) is 12.0 Å². The Balaban J connectivity index is 1.96. The van der Waals surface area contributed by atoms with Gasteiger partial charge in [0.1, 0.15) is 5.75 Å². The summed E-state index contributed by atoms with van der Waals surface area (Å²) < 4.78 is 6.04. The van der Waals surface area contributed by atoms with Crippen molar-refractivity contribution in [1.29, 1.82) is 0 Å². The molecule has 0 radical (unpaired) electrons. The molecule has 3 rings (SSSR count). The van der Waals surface area contributed by atoms with E-state index >= 15 is 0 Å². The maximum atomic E-state index is 6.28. The number of ether oxygens (including phenoxy) is 1. The maximum absolute atomic E-state index is 6.28. The van der Waals surface area contributed by atoms with E-state index in [1.165, 1.54) is 0 Å². The van der Waals surface area contributed by atoms with E-state index in [2.05, 4.69) is 20.2 Å². The molecular formula is C16H19Cl2N5O. The van der Waals surface area contributed by atoms with Gasteiger partial charge in [-0.2, -0.15) is 4.98 Å². The lowest BCUT2D eigenvalue weighted by molar-refractivity contribution is 0.473. The lowest BCUT2D eigenvalue weighted by Crippen LogP contribution is -2.29. The fourth-order valence-electron chi connectivity index (χ4n) is 2.66. The van der Waals surface area contributed by atoms with Gasteiger partial charge in [-0.25, -0.2) is 4.98 Å². The molecule has 2 aromatic rings. The Labute approximate surface area is 150 Å². The second kappa shape index (κ2) is 7.42. The number of aromatic nitrogens is 2. The average Bonchev–Trinajstić information content (AvgIpc) is 2.81. The first-order valence-corrected chi connectivity index (χ1v) is 8.52. The first-order valence-electron chi connectivity index (χ1n) is 7.76. The van der Waals surface area contributed by atoms with Crippen molar-refractivity contribution in [2.45, 2.75) is 13.3 Å². The van der Waals surface area contributed by atoms with Gasteiger partial charge < -0.3 is 20.7 Å². The molecule has 128 valence electrons. The normalized spacial score (nSPS) is 15.2. The largest absolute Gasteiger partial charge is 0.450 e. The van der Waals surface area contributed by atoms with Crippen LogP contribution in [0.15, 0.2) is 18.3 Å². The smallest absolute Gasteiger partial charge is 0.222 e. The van der Waals surface area contributed by atoms with Crippen LogP contribution in [0, 0.1) is 6.92 Å². The Hall–Kier alpha value is -1.76. The number of halogens is 2. The van der Waals surface area contributed by atoms with Crippen molar-refractivity contribution in [2.75, 3.05) is 36.8 Å². The minimum absolute atomic E-state index is 0.216. The molecule has 1 aromatic heterocycles. The molecule has 24 heavy (non-hydrogen) atoms. The molecule has 0 saturated carbocycles. The third-order valence-electron chi connectivity index (χ3n) is 3.80. The Morgan fingerprint density at radius 3 is 2.88 bits per heavy atom. The lowest BCUT2D eigenvalue weighted by Gasteiger charge is -2.24. The molecule has 1 aliphatic rings. The van der Waals surface area contributed by atoms with E-state index in [0.717, 1.165) is 38.2 Å². The van der Waals surface area contributed by atoms with Gasteiger partial charge in [0.2, 0.25) is 5.95 Å². The summed E-state index contributed by atoms with van der Waals surface area (Å²) in [5, 5.41) is 4.37. The van der Waals surface area contributed by atoms with E-state index in [1.54, 1.807) is 18.3 Å². The molecule has 1 fully saturated rings. The number of nitrogen functional groups attached to an aromatic ring is 1.